The van der Waals surface area contributed by atoms with Gasteiger partial charge in [0.25, 0.3) is 5.91 Å². The molecule has 0 aliphatic heterocycles. The first-order valence-corrected chi connectivity index (χ1v) is 8.70. The summed E-state index contributed by atoms with van der Waals surface area (Å²) >= 11 is 0. The molecular weight excluding hydrogens is 381 g/mol. The molecule has 0 aliphatic rings. The molecule has 0 unspecified atom stereocenters. The van der Waals surface area contributed by atoms with Gasteiger partial charge in [-0.3, -0.25) is 9.63 Å². The first-order valence-electron chi connectivity index (χ1n) is 8.70. The fraction of sp³-hybridized carbons (Fsp3) is 0.368. The molecule has 2 aromatic rings. The second-order valence-electron chi connectivity index (χ2n) is 6.93. The van der Waals surface area contributed by atoms with E-state index in [0.29, 0.717) is 11.1 Å². The van der Waals surface area contributed by atoms with E-state index in [2.05, 4.69) is 15.4 Å². The fourth-order valence-electron chi connectivity index (χ4n) is 2.15. The lowest BCUT2D eigenvalue weighted by Gasteiger charge is -2.18. The number of hydroxylamine groups is 1. The number of nitriles is 1. The predicted octanol–water partition coefficient (Wildman–Crippen LogP) is 1.77. The number of nitrogen functional groups attached to an aromatic ring is 1. The van der Waals surface area contributed by atoms with E-state index in [0.717, 1.165) is 0 Å². The highest BCUT2D eigenvalue weighted by atomic mass is 19.1. The molecule has 1 heterocycles. The Bertz CT molecular complexity index is 922. The van der Waals surface area contributed by atoms with Crippen molar-refractivity contribution in [3.05, 3.63) is 35.4 Å². The van der Waals surface area contributed by atoms with Crippen molar-refractivity contribution in [3.8, 4) is 23.3 Å². The molecule has 0 spiro atoms. The number of nitrogens with two attached hydrogens (primary N) is 1. The Kier molecular flexibility index (Phi) is 7.03. The van der Waals surface area contributed by atoms with E-state index >= 15 is 0 Å². The van der Waals surface area contributed by atoms with E-state index < -0.39 is 17.7 Å². The standard InChI is InChI=1S/C19H22FN5O4/c1-11(20)9-28-18-14(17(26)25-29-10-19(2,3)27)15(22)23-16(24-18)13-6-4-5-12(7-13)8-21/h4-7,11,27H,9-10H2,1-3H3,(H,25,26)(H2,22,23,24)/t11-/m0/s1. The number of ether oxygens (including phenoxy) is 1. The molecule has 29 heavy (non-hydrogen) atoms. The van der Waals surface area contributed by atoms with Crippen LogP contribution >= 0.6 is 0 Å². The van der Waals surface area contributed by atoms with E-state index in [1.165, 1.54) is 20.8 Å². The number of benzene rings is 1. The number of hydrogen-bond acceptors (Lipinski definition) is 8. The molecule has 154 valence electrons. The van der Waals surface area contributed by atoms with Gasteiger partial charge >= 0.3 is 0 Å². The van der Waals surface area contributed by atoms with Gasteiger partial charge in [0.05, 0.1) is 17.2 Å². The van der Waals surface area contributed by atoms with Crippen LogP contribution in [0.2, 0.25) is 0 Å². The zero-order chi connectivity index (χ0) is 21.6. The van der Waals surface area contributed by atoms with Gasteiger partial charge < -0.3 is 15.6 Å². The zero-order valence-corrected chi connectivity index (χ0v) is 16.3. The van der Waals surface area contributed by atoms with E-state index in [9.17, 15) is 14.3 Å². The molecule has 0 saturated carbocycles. The van der Waals surface area contributed by atoms with Crippen molar-refractivity contribution in [2.45, 2.75) is 32.5 Å². The van der Waals surface area contributed by atoms with Gasteiger partial charge in [-0.15, -0.1) is 0 Å². The van der Waals surface area contributed by atoms with Gasteiger partial charge in [-0.2, -0.15) is 10.2 Å². The van der Waals surface area contributed by atoms with Crippen molar-refractivity contribution < 1.29 is 23.9 Å². The number of carbonyl (C=O) groups excluding carboxylic acids is 1. The third kappa shape index (κ3) is 6.38. The van der Waals surface area contributed by atoms with Crippen LogP contribution in [0.25, 0.3) is 11.4 Å². The van der Waals surface area contributed by atoms with Crippen LogP contribution in [0.4, 0.5) is 10.2 Å². The maximum Gasteiger partial charge on any atom is 0.284 e. The first kappa shape index (κ1) is 22.0. The topological polar surface area (TPSA) is 143 Å². The number of nitrogens with zero attached hydrogens (tertiary/aromatic N) is 3. The van der Waals surface area contributed by atoms with Crippen LogP contribution in [-0.4, -0.2) is 46.0 Å². The van der Waals surface area contributed by atoms with Gasteiger partial charge in [-0.05, 0) is 32.9 Å². The molecule has 9 nitrogen and oxygen atoms in total. The maximum absolute atomic E-state index is 13.3. The van der Waals surface area contributed by atoms with Crippen LogP contribution in [0.5, 0.6) is 5.88 Å². The quantitative estimate of drug-likeness (QED) is 0.566. The Hall–Kier alpha value is -3.29. The molecule has 2 rings (SSSR count). The summed E-state index contributed by atoms with van der Waals surface area (Å²) in [5.74, 6) is -1.16. The summed E-state index contributed by atoms with van der Waals surface area (Å²) in [4.78, 5) is 25.7. The number of carbonyl (C=O) groups is 1. The molecular formula is C19H22FN5O4. The second-order valence-corrected chi connectivity index (χ2v) is 6.93. The van der Waals surface area contributed by atoms with Gasteiger partial charge in [0.2, 0.25) is 5.88 Å². The second kappa shape index (κ2) is 9.27. The number of hydrogen-bond donors (Lipinski definition) is 3. The van der Waals surface area contributed by atoms with Gasteiger partial charge in [0.15, 0.2) is 5.82 Å². The highest BCUT2D eigenvalue weighted by Crippen LogP contribution is 2.26. The predicted molar refractivity (Wildman–Crippen MR) is 102 cm³/mol. The van der Waals surface area contributed by atoms with Crippen molar-refractivity contribution in [2.24, 2.45) is 0 Å². The Labute approximate surface area is 167 Å². The third-order valence-corrected chi connectivity index (χ3v) is 3.42. The minimum atomic E-state index is -1.32. The van der Waals surface area contributed by atoms with Gasteiger partial charge in [-0.1, -0.05) is 12.1 Å². The molecule has 4 N–H and O–H groups in total. The summed E-state index contributed by atoms with van der Waals surface area (Å²) in [6, 6.07) is 8.45. The molecule has 10 heteroatoms. The van der Waals surface area contributed by atoms with Crippen molar-refractivity contribution in [1.82, 2.24) is 15.4 Å². The van der Waals surface area contributed by atoms with Gasteiger partial charge in [0, 0.05) is 5.56 Å². The monoisotopic (exact) mass is 403 g/mol. The number of alkyl halides is 1. The highest BCUT2D eigenvalue weighted by molar-refractivity contribution is 6.00. The highest BCUT2D eigenvalue weighted by Gasteiger charge is 2.23. The number of rotatable bonds is 8. The van der Waals surface area contributed by atoms with Crippen molar-refractivity contribution in [1.29, 1.82) is 5.26 Å². The number of nitrogens with one attached hydrogen (secondary N) is 1. The number of aliphatic hydroxyl groups is 1. The molecule has 0 saturated heterocycles. The average molecular weight is 403 g/mol. The summed E-state index contributed by atoms with van der Waals surface area (Å²) in [5.41, 5.74) is 7.51. The lowest BCUT2D eigenvalue weighted by atomic mass is 10.1. The number of halogens is 1. The summed E-state index contributed by atoms with van der Waals surface area (Å²) in [6.45, 7) is 3.74. The van der Waals surface area contributed by atoms with Crippen LogP contribution < -0.4 is 16.0 Å². The Morgan fingerprint density at radius 3 is 2.79 bits per heavy atom. The Morgan fingerprint density at radius 2 is 2.17 bits per heavy atom. The normalized spacial score (nSPS) is 12.1. The molecule has 0 aliphatic carbocycles. The van der Waals surface area contributed by atoms with E-state index in [-0.39, 0.29) is 36.3 Å². The third-order valence-electron chi connectivity index (χ3n) is 3.42. The van der Waals surface area contributed by atoms with Crippen molar-refractivity contribution >= 4 is 11.7 Å². The van der Waals surface area contributed by atoms with Gasteiger partial charge in [-0.25, -0.2) is 14.9 Å². The van der Waals surface area contributed by atoms with Crippen LogP contribution in [0.3, 0.4) is 0 Å². The fourth-order valence-corrected chi connectivity index (χ4v) is 2.15. The number of aromatic nitrogens is 2. The summed E-state index contributed by atoms with van der Waals surface area (Å²) < 4.78 is 18.6. The summed E-state index contributed by atoms with van der Waals surface area (Å²) in [5, 5.41) is 18.7. The summed E-state index contributed by atoms with van der Waals surface area (Å²) in [7, 11) is 0. The van der Waals surface area contributed by atoms with Crippen LogP contribution in [0.15, 0.2) is 24.3 Å². The Balaban J connectivity index is 2.39. The minimum absolute atomic E-state index is 0.107. The zero-order valence-electron chi connectivity index (χ0n) is 16.3. The SMILES string of the molecule is C[C@H](F)COc1nc(-c2cccc(C#N)c2)nc(N)c1C(=O)NOCC(C)(C)O. The smallest absolute Gasteiger partial charge is 0.284 e. The van der Waals surface area contributed by atoms with E-state index in [1.807, 2.05) is 6.07 Å². The Morgan fingerprint density at radius 1 is 1.45 bits per heavy atom. The molecule has 0 bridgehead atoms. The van der Waals surface area contributed by atoms with Crippen molar-refractivity contribution in [2.75, 3.05) is 18.9 Å². The number of amides is 1. The lowest BCUT2D eigenvalue weighted by molar-refractivity contribution is -0.0523. The van der Waals surface area contributed by atoms with E-state index in [1.54, 1.807) is 24.3 Å². The van der Waals surface area contributed by atoms with Crippen LogP contribution in [0.1, 0.15) is 36.7 Å². The van der Waals surface area contributed by atoms with Crippen LogP contribution in [0, 0.1) is 11.3 Å². The molecule has 1 aromatic carbocycles. The largest absolute Gasteiger partial charge is 0.474 e. The van der Waals surface area contributed by atoms with Crippen molar-refractivity contribution in [3.63, 3.8) is 0 Å². The molecule has 1 atom stereocenters. The maximum atomic E-state index is 13.3. The molecule has 0 fully saturated rings. The minimum Gasteiger partial charge on any atom is -0.474 e. The lowest BCUT2D eigenvalue weighted by Crippen LogP contribution is -2.34. The first-order chi connectivity index (χ1) is 13.6. The summed E-state index contributed by atoms with van der Waals surface area (Å²) in [6.07, 6.45) is -1.32. The van der Waals surface area contributed by atoms with E-state index in [4.69, 9.17) is 20.6 Å². The van der Waals surface area contributed by atoms with Gasteiger partial charge in [0.1, 0.15) is 30.8 Å². The number of anilines is 1. The molecule has 0 radical (unpaired) electrons. The van der Waals surface area contributed by atoms with Crippen LogP contribution in [-0.2, 0) is 4.84 Å². The molecule has 1 amide bonds. The molecule has 1 aromatic heterocycles. The average Bonchev–Trinajstić information content (AvgIpc) is 2.64.